The topological polar surface area (TPSA) is 46.0 Å². The second-order valence-electron chi connectivity index (χ2n) is 7.74. The molecule has 1 aliphatic heterocycles. The maximum atomic E-state index is 5.85. The van der Waals surface area contributed by atoms with Crippen molar-refractivity contribution in [1.29, 1.82) is 0 Å². The first-order chi connectivity index (χ1) is 16.2. The molecule has 0 spiro atoms. The van der Waals surface area contributed by atoms with Crippen molar-refractivity contribution < 1.29 is 0 Å². The summed E-state index contributed by atoms with van der Waals surface area (Å²) in [6.45, 7) is 0. The molecule has 3 aromatic heterocycles. The molecular formula is C25H18BrN5S2. The molecule has 2 aromatic carbocycles. The van der Waals surface area contributed by atoms with E-state index in [9.17, 15) is 0 Å². The van der Waals surface area contributed by atoms with Crippen molar-refractivity contribution in [3.05, 3.63) is 107 Å². The minimum absolute atomic E-state index is 0.101. The van der Waals surface area contributed by atoms with Gasteiger partial charge in [0.1, 0.15) is 6.04 Å². The highest BCUT2D eigenvalue weighted by Crippen LogP contribution is 2.42. The molecule has 1 N–H and O–H groups in total. The molecular weight excluding hydrogens is 514 g/mol. The predicted molar refractivity (Wildman–Crippen MR) is 141 cm³/mol. The summed E-state index contributed by atoms with van der Waals surface area (Å²) in [4.78, 5) is 11.7. The number of nitrogens with zero attached hydrogens (tertiary/aromatic N) is 4. The normalized spacial score (nSPS) is 18.1. The Morgan fingerprint density at radius 1 is 0.939 bits per heavy atom. The molecule has 1 aliphatic rings. The summed E-state index contributed by atoms with van der Waals surface area (Å²) in [5.74, 6) is 0. The number of benzene rings is 2. The predicted octanol–water partition coefficient (Wildman–Crippen LogP) is 6.42. The van der Waals surface area contributed by atoms with E-state index in [2.05, 4.69) is 78.3 Å². The van der Waals surface area contributed by atoms with Crippen LogP contribution in [0.4, 0.5) is 5.69 Å². The Morgan fingerprint density at radius 3 is 2.55 bits per heavy atom. The van der Waals surface area contributed by atoms with E-state index < -0.39 is 0 Å². The summed E-state index contributed by atoms with van der Waals surface area (Å²) < 4.78 is 4.37. The lowest BCUT2D eigenvalue weighted by atomic mass is 10.0. The van der Waals surface area contributed by atoms with Crippen LogP contribution in [0.15, 0.2) is 95.7 Å². The van der Waals surface area contributed by atoms with Gasteiger partial charge in [0.25, 0.3) is 0 Å². The fourth-order valence-corrected chi connectivity index (χ4v) is 5.89. The van der Waals surface area contributed by atoms with Gasteiger partial charge in [-0.2, -0.15) is 0 Å². The van der Waals surface area contributed by atoms with Crippen LogP contribution in [0.2, 0.25) is 0 Å². The molecule has 0 radical (unpaired) electrons. The summed E-state index contributed by atoms with van der Waals surface area (Å²) in [5.41, 5.74) is 4.07. The third-order valence-corrected chi connectivity index (χ3v) is 7.65. The molecule has 0 bridgehead atoms. The number of thiazole rings is 1. The van der Waals surface area contributed by atoms with Crippen molar-refractivity contribution in [2.45, 2.75) is 12.1 Å². The van der Waals surface area contributed by atoms with Crippen LogP contribution < -0.4 is 10.2 Å². The first kappa shape index (κ1) is 20.5. The summed E-state index contributed by atoms with van der Waals surface area (Å²) in [6.07, 6.45) is 3.90. The van der Waals surface area contributed by atoms with Crippen molar-refractivity contribution in [2.24, 2.45) is 0 Å². The first-order valence-electron chi connectivity index (χ1n) is 10.5. The zero-order chi connectivity index (χ0) is 22.4. The van der Waals surface area contributed by atoms with E-state index in [0.29, 0.717) is 5.11 Å². The van der Waals surface area contributed by atoms with Gasteiger partial charge in [-0.3, -0.25) is 9.55 Å². The highest BCUT2D eigenvalue weighted by atomic mass is 79.9. The van der Waals surface area contributed by atoms with Crippen LogP contribution in [-0.4, -0.2) is 19.6 Å². The molecule has 33 heavy (non-hydrogen) atoms. The molecule has 2 atom stereocenters. The Morgan fingerprint density at radius 2 is 1.76 bits per heavy atom. The number of aromatic nitrogens is 3. The largest absolute Gasteiger partial charge is 0.351 e. The number of pyridine rings is 1. The van der Waals surface area contributed by atoms with Gasteiger partial charge in [-0.1, -0.05) is 45.5 Å². The number of fused-ring (bicyclic) bond motifs is 1. The zero-order valence-corrected chi connectivity index (χ0v) is 20.5. The first-order valence-corrected chi connectivity index (χ1v) is 12.5. The van der Waals surface area contributed by atoms with Crippen LogP contribution in [0, 0.1) is 0 Å². The fourth-order valence-electron chi connectivity index (χ4n) is 4.31. The highest BCUT2D eigenvalue weighted by Gasteiger charge is 2.42. The van der Waals surface area contributed by atoms with E-state index in [-0.39, 0.29) is 12.1 Å². The number of thiocarbonyl (C=S) groups is 1. The van der Waals surface area contributed by atoms with Crippen molar-refractivity contribution in [3.63, 3.8) is 0 Å². The van der Waals surface area contributed by atoms with Gasteiger partial charge in [0.2, 0.25) is 0 Å². The minimum atomic E-state index is -0.106. The van der Waals surface area contributed by atoms with Crippen LogP contribution in [0.3, 0.4) is 0 Å². The Hall–Kier alpha value is -3.07. The molecule has 4 heterocycles. The van der Waals surface area contributed by atoms with Gasteiger partial charge in [-0.25, -0.2) is 4.98 Å². The Labute approximate surface area is 208 Å². The highest BCUT2D eigenvalue weighted by molar-refractivity contribution is 9.10. The van der Waals surface area contributed by atoms with E-state index in [1.807, 2.05) is 48.7 Å². The molecule has 5 aromatic rings. The molecule has 0 aliphatic carbocycles. The van der Waals surface area contributed by atoms with Gasteiger partial charge in [0, 0.05) is 22.6 Å². The maximum Gasteiger partial charge on any atom is 0.194 e. The third kappa shape index (κ3) is 3.64. The number of hydrogen-bond acceptors (Lipinski definition) is 4. The van der Waals surface area contributed by atoms with Gasteiger partial charge in [0.15, 0.2) is 10.2 Å². The number of para-hydroxylation sites is 1. The lowest BCUT2D eigenvalue weighted by Gasteiger charge is -2.28. The van der Waals surface area contributed by atoms with E-state index in [4.69, 9.17) is 17.2 Å². The van der Waals surface area contributed by atoms with Gasteiger partial charge in [0.05, 0.1) is 27.6 Å². The molecule has 0 amide bonds. The van der Waals surface area contributed by atoms with Crippen molar-refractivity contribution in [3.8, 4) is 5.13 Å². The van der Waals surface area contributed by atoms with Gasteiger partial charge < -0.3 is 10.2 Å². The quantitative estimate of drug-likeness (QED) is 0.271. The van der Waals surface area contributed by atoms with Crippen LogP contribution >= 0.6 is 39.5 Å². The van der Waals surface area contributed by atoms with Gasteiger partial charge >= 0.3 is 0 Å². The summed E-state index contributed by atoms with van der Waals surface area (Å²) in [5, 5.41) is 5.14. The third-order valence-electron chi connectivity index (χ3n) is 5.77. The molecule has 6 rings (SSSR count). The van der Waals surface area contributed by atoms with E-state index in [1.54, 1.807) is 11.3 Å². The molecule has 5 nitrogen and oxygen atoms in total. The Balaban J connectivity index is 1.51. The van der Waals surface area contributed by atoms with Crippen LogP contribution in [0.1, 0.15) is 23.5 Å². The SMILES string of the molecule is S=C1N[C@@H](c2ccccn2)[C@H](c2cccn2-c2nc3ccccc3s2)N1c1ccc(Br)cc1. The number of halogens is 1. The average Bonchev–Trinajstić information content (AvgIpc) is 3.56. The van der Waals surface area contributed by atoms with Crippen LogP contribution in [0.25, 0.3) is 15.3 Å². The van der Waals surface area contributed by atoms with E-state index in [1.165, 1.54) is 4.70 Å². The smallest absolute Gasteiger partial charge is 0.194 e. The maximum absolute atomic E-state index is 5.85. The van der Waals surface area contributed by atoms with Crippen molar-refractivity contribution in [2.75, 3.05) is 4.90 Å². The summed E-state index contributed by atoms with van der Waals surface area (Å²) >= 11 is 11.1. The molecule has 8 heteroatoms. The van der Waals surface area contributed by atoms with Crippen molar-refractivity contribution >= 4 is 60.5 Å². The standard InChI is InChI=1S/C25H18BrN5S2/c26-16-10-12-17(13-11-16)31-23(22(29-24(31)32)19-7-3-4-14-27-19)20-8-5-15-30(20)25-28-18-6-1-2-9-21(18)33-25/h1-15,22-23H,(H,29,32)/t22-,23-/m0/s1. The number of anilines is 1. The summed E-state index contributed by atoms with van der Waals surface area (Å²) in [6, 6.07) is 26.5. The lowest BCUT2D eigenvalue weighted by molar-refractivity contribution is 0.549. The Kier molecular flexibility index (Phi) is 5.21. The second-order valence-corrected chi connectivity index (χ2v) is 10.1. The van der Waals surface area contributed by atoms with E-state index in [0.717, 1.165) is 32.2 Å². The number of rotatable bonds is 4. The second kappa shape index (κ2) is 8.37. The number of nitrogens with one attached hydrogen (secondary N) is 1. The molecule has 1 saturated heterocycles. The van der Waals surface area contributed by atoms with Crippen LogP contribution in [0.5, 0.6) is 0 Å². The fraction of sp³-hybridized carbons (Fsp3) is 0.0800. The average molecular weight is 532 g/mol. The molecule has 162 valence electrons. The number of hydrogen-bond donors (Lipinski definition) is 1. The van der Waals surface area contributed by atoms with Gasteiger partial charge in [-0.15, -0.1) is 0 Å². The van der Waals surface area contributed by atoms with E-state index >= 15 is 0 Å². The monoisotopic (exact) mass is 531 g/mol. The Bertz CT molecular complexity index is 1410. The van der Waals surface area contributed by atoms with Crippen LogP contribution in [-0.2, 0) is 0 Å². The zero-order valence-electron chi connectivity index (χ0n) is 17.3. The molecule has 0 unspecified atom stereocenters. The lowest BCUT2D eigenvalue weighted by Crippen LogP contribution is -2.30. The molecule has 1 fully saturated rings. The molecule has 0 saturated carbocycles. The van der Waals surface area contributed by atoms with Crippen molar-refractivity contribution in [1.82, 2.24) is 19.9 Å². The van der Waals surface area contributed by atoms with Gasteiger partial charge in [-0.05, 0) is 72.9 Å². The summed E-state index contributed by atoms with van der Waals surface area (Å²) in [7, 11) is 0. The minimum Gasteiger partial charge on any atom is -0.351 e.